The van der Waals surface area contributed by atoms with Crippen molar-refractivity contribution in [3.05, 3.63) is 39.6 Å². The van der Waals surface area contributed by atoms with Gasteiger partial charge in [-0.3, -0.25) is 0 Å². The zero-order chi connectivity index (χ0) is 15.4. The Labute approximate surface area is 134 Å². The van der Waals surface area contributed by atoms with Crippen LogP contribution in [0.15, 0.2) is 22.9 Å². The molecule has 4 nitrogen and oxygen atoms in total. The van der Waals surface area contributed by atoms with Crippen molar-refractivity contribution in [2.45, 2.75) is 34.1 Å². The summed E-state index contributed by atoms with van der Waals surface area (Å²) in [6.45, 7) is 9.14. The fourth-order valence-corrected chi connectivity index (χ4v) is 2.40. The summed E-state index contributed by atoms with van der Waals surface area (Å²) in [6, 6.07) is 4.16. The number of rotatable bonds is 5. The Hall–Kier alpha value is -1.62. The lowest BCUT2D eigenvalue weighted by Gasteiger charge is -2.15. The Morgan fingerprint density at radius 1 is 1.14 bits per heavy atom. The lowest BCUT2D eigenvalue weighted by molar-refractivity contribution is 0.451. The molecule has 0 aliphatic carbocycles. The van der Waals surface area contributed by atoms with Gasteiger partial charge in [-0.15, -0.1) is 0 Å². The standard InChI is InChI=1S/C16H20BrN3O/c1-5-8-18-15-13(17)16(20-9-19-15)21-14-11(3)7-6-10(2)12(14)4/h6-7,9H,5,8H2,1-4H3,(H,18,19,20). The first kappa shape index (κ1) is 15.8. The second kappa shape index (κ2) is 6.89. The molecule has 0 atom stereocenters. The van der Waals surface area contributed by atoms with Crippen LogP contribution < -0.4 is 10.1 Å². The fourth-order valence-electron chi connectivity index (χ4n) is 1.97. The van der Waals surface area contributed by atoms with E-state index in [4.69, 9.17) is 4.74 Å². The summed E-state index contributed by atoms with van der Waals surface area (Å²) in [5, 5.41) is 3.25. The molecule has 0 fully saturated rings. The van der Waals surface area contributed by atoms with Gasteiger partial charge in [0.15, 0.2) is 0 Å². The Bertz CT molecular complexity index is 644. The molecule has 1 aromatic heterocycles. The van der Waals surface area contributed by atoms with Gasteiger partial charge >= 0.3 is 0 Å². The number of ether oxygens (including phenoxy) is 1. The van der Waals surface area contributed by atoms with Gasteiger partial charge in [-0.2, -0.15) is 0 Å². The zero-order valence-corrected chi connectivity index (χ0v) is 14.4. The normalized spacial score (nSPS) is 10.5. The lowest BCUT2D eigenvalue weighted by Crippen LogP contribution is -2.04. The predicted molar refractivity (Wildman–Crippen MR) is 89.2 cm³/mol. The minimum atomic E-state index is 0.528. The molecule has 0 radical (unpaired) electrons. The van der Waals surface area contributed by atoms with Crippen molar-refractivity contribution >= 4 is 21.7 Å². The average Bonchev–Trinajstić information content (AvgIpc) is 2.48. The molecule has 0 unspecified atom stereocenters. The maximum absolute atomic E-state index is 6.03. The summed E-state index contributed by atoms with van der Waals surface area (Å²) in [4.78, 5) is 8.47. The van der Waals surface area contributed by atoms with Crippen molar-refractivity contribution in [2.75, 3.05) is 11.9 Å². The van der Waals surface area contributed by atoms with E-state index in [1.165, 1.54) is 11.9 Å². The van der Waals surface area contributed by atoms with Gasteiger partial charge in [-0.25, -0.2) is 9.97 Å². The van der Waals surface area contributed by atoms with Crippen LogP contribution >= 0.6 is 15.9 Å². The Kier molecular flexibility index (Phi) is 5.17. The number of nitrogens with zero attached hydrogens (tertiary/aromatic N) is 2. The van der Waals surface area contributed by atoms with E-state index in [1.807, 2.05) is 6.92 Å². The van der Waals surface area contributed by atoms with Gasteiger partial charge in [-0.1, -0.05) is 19.1 Å². The van der Waals surface area contributed by atoms with Crippen LogP contribution in [0.3, 0.4) is 0 Å². The number of anilines is 1. The molecule has 1 N–H and O–H groups in total. The summed E-state index contributed by atoms with van der Waals surface area (Å²) in [5.74, 6) is 2.14. The van der Waals surface area contributed by atoms with Crippen molar-refractivity contribution in [3.63, 3.8) is 0 Å². The third-order valence-electron chi connectivity index (χ3n) is 3.37. The van der Waals surface area contributed by atoms with E-state index in [2.05, 4.69) is 64.1 Å². The molecule has 0 spiro atoms. The Balaban J connectivity index is 2.34. The van der Waals surface area contributed by atoms with E-state index in [1.54, 1.807) is 0 Å². The van der Waals surface area contributed by atoms with Crippen molar-refractivity contribution in [1.29, 1.82) is 0 Å². The van der Waals surface area contributed by atoms with Crippen LogP contribution in [-0.2, 0) is 0 Å². The SMILES string of the molecule is CCCNc1ncnc(Oc2c(C)ccc(C)c2C)c1Br. The van der Waals surface area contributed by atoms with Gasteiger partial charge in [-0.05, 0) is 59.8 Å². The summed E-state index contributed by atoms with van der Waals surface area (Å²) in [5.41, 5.74) is 3.42. The van der Waals surface area contributed by atoms with Crippen molar-refractivity contribution < 1.29 is 4.74 Å². The van der Waals surface area contributed by atoms with E-state index in [0.29, 0.717) is 5.88 Å². The van der Waals surface area contributed by atoms with Gasteiger partial charge in [0.25, 0.3) is 0 Å². The zero-order valence-electron chi connectivity index (χ0n) is 12.8. The molecule has 112 valence electrons. The smallest absolute Gasteiger partial charge is 0.238 e. The first-order chi connectivity index (χ1) is 10.0. The molecule has 0 aliphatic rings. The molecule has 5 heteroatoms. The van der Waals surface area contributed by atoms with Gasteiger partial charge in [0.2, 0.25) is 5.88 Å². The number of aromatic nitrogens is 2. The highest BCUT2D eigenvalue weighted by Gasteiger charge is 2.14. The predicted octanol–water partition coefficient (Wildman–Crippen LogP) is 4.78. The van der Waals surface area contributed by atoms with Crippen LogP contribution in [0.5, 0.6) is 11.6 Å². The van der Waals surface area contributed by atoms with Crippen molar-refractivity contribution in [3.8, 4) is 11.6 Å². The van der Waals surface area contributed by atoms with Crippen molar-refractivity contribution in [2.24, 2.45) is 0 Å². The number of benzene rings is 1. The summed E-state index contributed by atoms with van der Waals surface area (Å²) in [6.07, 6.45) is 2.54. The maximum atomic E-state index is 6.03. The van der Waals surface area contributed by atoms with Gasteiger partial charge in [0.05, 0.1) is 0 Å². The third-order valence-corrected chi connectivity index (χ3v) is 4.09. The van der Waals surface area contributed by atoms with Crippen LogP contribution in [0.25, 0.3) is 0 Å². The number of nitrogens with one attached hydrogen (secondary N) is 1. The summed E-state index contributed by atoms with van der Waals surface area (Å²) in [7, 11) is 0. The minimum absolute atomic E-state index is 0.528. The monoisotopic (exact) mass is 349 g/mol. The molecule has 1 aromatic carbocycles. The molecule has 0 bridgehead atoms. The largest absolute Gasteiger partial charge is 0.437 e. The lowest BCUT2D eigenvalue weighted by atomic mass is 10.1. The number of halogens is 1. The quantitative estimate of drug-likeness (QED) is 0.843. The van der Waals surface area contributed by atoms with E-state index >= 15 is 0 Å². The third kappa shape index (κ3) is 3.53. The number of aryl methyl sites for hydroxylation is 2. The fraction of sp³-hybridized carbons (Fsp3) is 0.375. The van der Waals surface area contributed by atoms with Gasteiger partial charge in [0.1, 0.15) is 22.4 Å². The highest BCUT2D eigenvalue weighted by Crippen LogP contribution is 2.35. The molecular formula is C16H20BrN3O. The molecule has 1 heterocycles. The molecular weight excluding hydrogens is 330 g/mol. The Morgan fingerprint density at radius 3 is 2.57 bits per heavy atom. The number of hydrogen-bond donors (Lipinski definition) is 1. The highest BCUT2D eigenvalue weighted by molar-refractivity contribution is 9.10. The first-order valence-corrected chi connectivity index (χ1v) is 7.83. The van der Waals surface area contributed by atoms with E-state index in [-0.39, 0.29) is 0 Å². The highest BCUT2D eigenvalue weighted by atomic mass is 79.9. The van der Waals surface area contributed by atoms with Crippen LogP contribution in [0, 0.1) is 20.8 Å². The molecule has 2 aromatic rings. The molecule has 21 heavy (non-hydrogen) atoms. The molecule has 0 saturated heterocycles. The number of hydrogen-bond acceptors (Lipinski definition) is 4. The van der Waals surface area contributed by atoms with Crippen LogP contribution in [0.2, 0.25) is 0 Å². The van der Waals surface area contributed by atoms with Crippen LogP contribution in [0.4, 0.5) is 5.82 Å². The van der Waals surface area contributed by atoms with Crippen LogP contribution in [0.1, 0.15) is 30.0 Å². The van der Waals surface area contributed by atoms with Crippen LogP contribution in [-0.4, -0.2) is 16.5 Å². The van der Waals surface area contributed by atoms with Gasteiger partial charge < -0.3 is 10.1 Å². The molecule has 0 saturated carbocycles. The van der Waals surface area contributed by atoms with E-state index in [9.17, 15) is 0 Å². The second-order valence-corrected chi connectivity index (χ2v) is 5.82. The topological polar surface area (TPSA) is 47.0 Å². The second-order valence-electron chi connectivity index (χ2n) is 5.02. The first-order valence-electron chi connectivity index (χ1n) is 7.03. The average molecular weight is 350 g/mol. The van der Waals surface area contributed by atoms with Gasteiger partial charge in [0, 0.05) is 6.54 Å². The van der Waals surface area contributed by atoms with E-state index in [0.717, 1.165) is 40.1 Å². The summed E-state index contributed by atoms with van der Waals surface area (Å²) >= 11 is 3.52. The Morgan fingerprint density at radius 2 is 1.86 bits per heavy atom. The molecule has 2 rings (SSSR count). The molecule has 0 amide bonds. The minimum Gasteiger partial charge on any atom is -0.437 e. The summed E-state index contributed by atoms with van der Waals surface area (Å²) < 4.78 is 6.78. The van der Waals surface area contributed by atoms with E-state index < -0.39 is 0 Å². The van der Waals surface area contributed by atoms with Crippen molar-refractivity contribution in [1.82, 2.24) is 9.97 Å². The molecule has 0 aliphatic heterocycles. The maximum Gasteiger partial charge on any atom is 0.238 e.